The van der Waals surface area contributed by atoms with E-state index >= 15 is 0 Å². The summed E-state index contributed by atoms with van der Waals surface area (Å²) in [7, 11) is 0. The molecule has 2 aromatic rings. The van der Waals surface area contributed by atoms with E-state index in [9.17, 15) is 9.90 Å². The maximum absolute atomic E-state index is 12.3. The molecule has 0 spiro atoms. The van der Waals surface area contributed by atoms with E-state index in [1.54, 1.807) is 11.3 Å². The van der Waals surface area contributed by atoms with Crippen LogP contribution < -0.4 is 10.6 Å². The van der Waals surface area contributed by atoms with E-state index in [-0.39, 0.29) is 30.4 Å². The molecule has 3 unspecified atom stereocenters. The summed E-state index contributed by atoms with van der Waals surface area (Å²) in [5.74, 6) is -0.0666. The molecule has 3 N–H and O–H groups in total. The zero-order valence-electron chi connectivity index (χ0n) is 13.7. The number of carbonyl (C=O) groups is 1. The Labute approximate surface area is 151 Å². The number of aromatic nitrogens is 1. The predicted octanol–water partition coefficient (Wildman–Crippen LogP) is 2.44. The lowest BCUT2D eigenvalue weighted by molar-refractivity contribution is -0.123. The Bertz CT molecular complexity index is 692. The standard InChI is InChI=1S/C17H21N3O2S.ClH/c1-10(19-16(22)14-8-13(21)9-18-14)15-11(2)20-17(23-15)12-6-4-3-5-7-12;/h3-7,10,13-14,18,21H,8-9H2,1-2H3,(H,19,22);1H. The average molecular weight is 368 g/mol. The van der Waals surface area contributed by atoms with Crippen molar-refractivity contribution in [3.8, 4) is 10.6 Å². The minimum Gasteiger partial charge on any atom is -0.392 e. The number of nitrogens with one attached hydrogen (secondary N) is 2. The summed E-state index contributed by atoms with van der Waals surface area (Å²) in [4.78, 5) is 18.0. The molecule has 1 saturated heterocycles. The Balaban J connectivity index is 0.00000208. The molecule has 0 radical (unpaired) electrons. The van der Waals surface area contributed by atoms with Gasteiger partial charge in [0.05, 0.1) is 28.8 Å². The Kier molecular flexibility index (Phi) is 6.34. The van der Waals surface area contributed by atoms with Crippen molar-refractivity contribution in [2.45, 2.75) is 38.5 Å². The Morgan fingerprint density at radius 1 is 1.42 bits per heavy atom. The van der Waals surface area contributed by atoms with Crippen molar-refractivity contribution in [3.63, 3.8) is 0 Å². The van der Waals surface area contributed by atoms with Crippen molar-refractivity contribution in [2.24, 2.45) is 0 Å². The van der Waals surface area contributed by atoms with Gasteiger partial charge in [-0.2, -0.15) is 0 Å². The predicted molar refractivity (Wildman–Crippen MR) is 98.5 cm³/mol. The van der Waals surface area contributed by atoms with Crippen molar-refractivity contribution < 1.29 is 9.90 Å². The number of aryl methyl sites for hydroxylation is 1. The summed E-state index contributed by atoms with van der Waals surface area (Å²) < 4.78 is 0. The summed E-state index contributed by atoms with van der Waals surface area (Å²) in [6.07, 6.45) is 0.0334. The molecular weight excluding hydrogens is 346 g/mol. The van der Waals surface area contributed by atoms with Crippen LogP contribution >= 0.6 is 23.7 Å². The van der Waals surface area contributed by atoms with Gasteiger partial charge in [0.1, 0.15) is 5.01 Å². The van der Waals surface area contributed by atoms with Crippen molar-refractivity contribution in [1.82, 2.24) is 15.6 Å². The third-order valence-electron chi connectivity index (χ3n) is 4.03. The van der Waals surface area contributed by atoms with E-state index in [2.05, 4.69) is 15.6 Å². The lowest BCUT2D eigenvalue weighted by Gasteiger charge is -2.16. The fourth-order valence-corrected chi connectivity index (χ4v) is 3.88. The third-order valence-corrected chi connectivity index (χ3v) is 5.42. The number of amides is 1. The van der Waals surface area contributed by atoms with Crippen molar-refractivity contribution in [3.05, 3.63) is 40.9 Å². The maximum Gasteiger partial charge on any atom is 0.237 e. The van der Waals surface area contributed by atoms with Gasteiger partial charge < -0.3 is 15.7 Å². The number of rotatable bonds is 4. The van der Waals surface area contributed by atoms with Crippen molar-refractivity contribution in [2.75, 3.05) is 6.54 Å². The molecule has 1 aromatic carbocycles. The van der Waals surface area contributed by atoms with Gasteiger partial charge in [0, 0.05) is 12.1 Å². The van der Waals surface area contributed by atoms with Gasteiger partial charge in [0.2, 0.25) is 5.91 Å². The number of carbonyl (C=O) groups excluding carboxylic acids is 1. The van der Waals surface area contributed by atoms with Crippen LogP contribution in [0.5, 0.6) is 0 Å². The minimum atomic E-state index is -0.434. The molecule has 5 nitrogen and oxygen atoms in total. The summed E-state index contributed by atoms with van der Waals surface area (Å²) in [5.41, 5.74) is 2.03. The van der Waals surface area contributed by atoms with E-state index in [4.69, 9.17) is 0 Å². The number of hydrogen-bond acceptors (Lipinski definition) is 5. The molecule has 7 heteroatoms. The smallest absolute Gasteiger partial charge is 0.237 e. The number of β-amino-alcohol motifs (C(OH)–C–C–N with tert-alkyl or cyclic N) is 1. The van der Waals surface area contributed by atoms with Crippen LogP contribution in [0.25, 0.3) is 10.6 Å². The van der Waals surface area contributed by atoms with Crippen molar-refractivity contribution >= 4 is 29.7 Å². The van der Waals surface area contributed by atoms with E-state index in [0.29, 0.717) is 13.0 Å². The van der Waals surface area contributed by atoms with Crippen LogP contribution in [0.2, 0.25) is 0 Å². The molecule has 0 aliphatic carbocycles. The average Bonchev–Trinajstić information content (AvgIpc) is 3.14. The van der Waals surface area contributed by atoms with Crippen LogP contribution in [0.3, 0.4) is 0 Å². The first-order chi connectivity index (χ1) is 11.0. The largest absolute Gasteiger partial charge is 0.392 e. The first-order valence-electron chi connectivity index (χ1n) is 7.79. The van der Waals surface area contributed by atoms with E-state index in [0.717, 1.165) is 21.1 Å². The fourth-order valence-electron chi connectivity index (χ4n) is 2.81. The van der Waals surface area contributed by atoms with Crippen LogP contribution in [-0.2, 0) is 4.79 Å². The van der Waals surface area contributed by atoms with Crippen LogP contribution in [0.4, 0.5) is 0 Å². The molecule has 1 amide bonds. The summed E-state index contributed by atoms with van der Waals surface area (Å²) >= 11 is 1.61. The van der Waals surface area contributed by atoms with Gasteiger partial charge in [-0.15, -0.1) is 23.7 Å². The van der Waals surface area contributed by atoms with Gasteiger partial charge in [0.25, 0.3) is 0 Å². The molecule has 0 saturated carbocycles. The summed E-state index contributed by atoms with van der Waals surface area (Å²) in [6, 6.07) is 9.63. The molecule has 2 heterocycles. The molecule has 130 valence electrons. The van der Waals surface area contributed by atoms with Crippen molar-refractivity contribution in [1.29, 1.82) is 0 Å². The Morgan fingerprint density at radius 3 is 2.75 bits per heavy atom. The molecule has 1 aliphatic rings. The highest BCUT2D eigenvalue weighted by Crippen LogP contribution is 2.31. The SMILES string of the molecule is Cc1nc(-c2ccccc2)sc1C(C)NC(=O)C1CC(O)CN1.Cl. The topological polar surface area (TPSA) is 74.2 Å². The Hall–Kier alpha value is -1.47. The van der Waals surface area contributed by atoms with Gasteiger partial charge in [-0.1, -0.05) is 30.3 Å². The van der Waals surface area contributed by atoms with Gasteiger partial charge >= 0.3 is 0 Å². The maximum atomic E-state index is 12.3. The quantitative estimate of drug-likeness (QED) is 0.776. The first kappa shape index (κ1) is 18.9. The minimum absolute atomic E-state index is 0. The molecular formula is C17H22ClN3O2S. The number of benzene rings is 1. The van der Waals surface area contributed by atoms with E-state index in [1.165, 1.54) is 0 Å². The van der Waals surface area contributed by atoms with E-state index in [1.807, 2.05) is 44.2 Å². The van der Waals surface area contributed by atoms with Crippen LogP contribution in [0, 0.1) is 6.92 Å². The monoisotopic (exact) mass is 367 g/mol. The molecule has 1 aromatic heterocycles. The van der Waals surface area contributed by atoms with Crippen LogP contribution in [0.1, 0.15) is 30.0 Å². The fraction of sp³-hybridized carbons (Fsp3) is 0.412. The van der Waals surface area contributed by atoms with Gasteiger partial charge in [0.15, 0.2) is 0 Å². The second-order valence-electron chi connectivity index (χ2n) is 5.92. The number of nitrogens with zero attached hydrogens (tertiary/aromatic N) is 1. The van der Waals surface area contributed by atoms with E-state index < -0.39 is 6.10 Å². The first-order valence-corrected chi connectivity index (χ1v) is 8.61. The van der Waals surface area contributed by atoms with Gasteiger partial charge in [-0.05, 0) is 20.3 Å². The number of aliphatic hydroxyl groups is 1. The number of halogens is 1. The molecule has 3 atom stereocenters. The molecule has 3 rings (SSSR count). The highest BCUT2D eigenvalue weighted by atomic mass is 35.5. The molecule has 1 aliphatic heterocycles. The number of hydrogen-bond donors (Lipinski definition) is 3. The van der Waals surface area contributed by atoms with Gasteiger partial charge in [-0.3, -0.25) is 4.79 Å². The summed E-state index contributed by atoms with van der Waals surface area (Å²) in [5, 5.41) is 16.5. The number of aliphatic hydroxyl groups excluding tert-OH is 1. The highest BCUT2D eigenvalue weighted by molar-refractivity contribution is 7.15. The highest BCUT2D eigenvalue weighted by Gasteiger charge is 2.29. The van der Waals surface area contributed by atoms with Crippen LogP contribution in [-0.4, -0.2) is 34.7 Å². The zero-order chi connectivity index (χ0) is 16.4. The zero-order valence-corrected chi connectivity index (χ0v) is 15.3. The van der Waals surface area contributed by atoms with Gasteiger partial charge in [-0.25, -0.2) is 4.98 Å². The normalized spacial score (nSPS) is 21.1. The number of thiazole rings is 1. The molecule has 1 fully saturated rings. The second-order valence-corrected chi connectivity index (χ2v) is 6.95. The van der Waals surface area contributed by atoms with Crippen LogP contribution in [0.15, 0.2) is 30.3 Å². The molecule has 0 bridgehead atoms. The lowest BCUT2D eigenvalue weighted by Crippen LogP contribution is -2.41. The Morgan fingerprint density at radius 2 is 2.12 bits per heavy atom. The molecule has 24 heavy (non-hydrogen) atoms. The lowest BCUT2D eigenvalue weighted by atomic mass is 10.1. The summed E-state index contributed by atoms with van der Waals surface area (Å²) in [6.45, 7) is 4.42. The second kappa shape index (κ2) is 8.07. The third kappa shape index (κ3) is 4.13.